The molecule has 0 aliphatic rings. The summed E-state index contributed by atoms with van der Waals surface area (Å²) in [4.78, 5) is 11.4. The van der Waals surface area contributed by atoms with Gasteiger partial charge in [-0.3, -0.25) is 4.79 Å². The van der Waals surface area contributed by atoms with Gasteiger partial charge in [-0.05, 0) is 12.3 Å². The van der Waals surface area contributed by atoms with E-state index in [1.54, 1.807) is 0 Å². The normalized spacial score (nSPS) is 13.0. The molecule has 13 heavy (non-hydrogen) atoms. The minimum Gasteiger partial charge on any atom is -0.465 e. The zero-order valence-electron chi connectivity index (χ0n) is 8.88. The van der Waals surface area contributed by atoms with Gasteiger partial charge in [-0.15, -0.1) is 0 Å². The number of rotatable bonds is 6. The van der Waals surface area contributed by atoms with Crippen molar-refractivity contribution in [3.63, 3.8) is 0 Å². The molecule has 0 rings (SSSR count). The molecule has 0 aliphatic carbocycles. The van der Waals surface area contributed by atoms with Crippen LogP contribution in [0.15, 0.2) is 0 Å². The highest BCUT2D eigenvalue weighted by Gasteiger charge is 2.21. The first-order valence-corrected chi connectivity index (χ1v) is 5.00. The van der Waals surface area contributed by atoms with Crippen molar-refractivity contribution in [3.05, 3.63) is 0 Å². The third kappa shape index (κ3) is 4.88. The second-order valence-corrected chi connectivity index (χ2v) is 3.61. The quantitative estimate of drug-likeness (QED) is 0.507. The Labute approximate surface area is 80.6 Å². The van der Waals surface area contributed by atoms with E-state index < -0.39 is 0 Å². The van der Waals surface area contributed by atoms with Gasteiger partial charge >= 0.3 is 5.97 Å². The molecule has 0 heterocycles. The summed E-state index contributed by atoms with van der Waals surface area (Å²) in [5.74, 6) is -0.0260. The molecule has 0 aliphatic heterocycles. The molecule has 78 valence electrons. The fraction of sp³-hybridized carbons (Fsp3) is 0.900. The largest absolute Gasteiger partial charge is 0.465 e. The lowest BCUT2D eigenvalue weighted by Crippen LogP contribution is -2.30. The predicted molar refractivity (Wildman–Crippen MR) is 53.2 cm³/mol. The fourth-order valence-corrected chi connectivity index (χ4v) is 1.06. The number of unbranched alkanes of at least 4 members (excludes halogenated alkanes) is 1. The number of hydrogen-bond acceptors (Lipinski definition) is 3. The van der Waals surface area contributed by atoms with Crippen molar-refractivity contribution < 1.29 is 9.53 Å². The van der Waals surface area contributed by atoms with Gasteiger partial charge in [0.2, 0.25) is 0 Å². The molecule has 0 radical (unpaired) electrons. The zero-order valence-corrected chi connectivity index (χ0v) is 8.88. The highest BCUT2D eigenvalue weighted by Crippen LogP contribution is 2.11. The molecular formula is C10H21NO2. The Balaban J connectivity index is 3.78. The summed E-state index contributed by atoms with van der Waals surface area (Å²) < 4.78 is 5.08. The SMILES string of the molecule is CCCCOC(=O)C(CN)C(C)C. The molecule has 1 unspecified atom stereocenters. The Hall–Kier alpha value is -0.570. The van der Waals surface area contributed by atoms with Crippen LogP contribution in [0.5, 0.6) is 0 Å². The second kappa shape index (κ2) is 6.89. The van der Waals surface area contributed by atoms with E-state index in [1.807, 2.05) is 13.8 Å². The van der Waals surface area contributed by atoms with E-state index in [2.05, 4.69) is 6.92 Å². The van der Waals surface area contributed by atoms with Crippen molar-refractivity contribution in [1.29, 1.82) is 0 Å². The average molecular weight is 187 g/mol. The molecule has 0 amide bonds. The number of carbonyl (C=O) groups excluding carboxylic acids is 1. The smallest absolute Gasteiger partial charge is 0.310 e. The first-order chi connectivity index (χ1) is 6.13. The summed E-state index contributed by atoms with van der Waals surface area (Å²) in [6.07, 6.45) is 1.98. The lowest BCUT2D eigenvalue weighted by molar-refractivity contribution is -0.149. The number of ether oxygens (including phenoxy) is 1. The molecule has 3 heteroatoms. The Morgan fingerprint density at radius 1 is 1.46 bits per heavy atom. The molecule has 0 aromatic heterocycles. The van der Waals surface area contributed by atoms with Crippen LogP contribution < -0.4 is 5.73 Å². The predicted octanol–water partition coefficient (Wildman–Crippen LogP) is 1.56. The van der Waals surface area contributed by atoms with E-state index in [1.165, 1.54) is 0 Å². The lowest BCUT2D eigenvalue weighted by atomic mass is 9.96. The maximum Gasteiger partial charge on any atom is 0.310 e. The summed E-state index contributed by atoms with van der Waals surface area (Å²) in [5, 5.41) is 0. The van der Waals surface area contributed by atoms with Crippen LogP contribution in [0.3, 0.4) is 0 Å². The van der Waals surface area contributed by atoms with Gasteiger partial charge in [0.1, 0.15) is 0 Å². The molecule has 0 fully saturated rings. The fourth-order valence-electron chi connectivity index (χ4n) is 1.06. The minimum atomic E-state index is -0.147. The van der Waals surface area contributed by atoms with E-state index in [4.69, 9.17) is 10.5 Å². The highest BCUT2D eigenvalue weighted by atomic mass is 16.5. The third-order valence-electron chi connectivity index (χ3n) is 2.10. The zero-order chi connectivity index (χ0) is 10.3. The molecule has 0 bridgehead atoms. The van der Waals surface area contributed by atoms with Crippen molar-refractivity contribution in [3.8, 4) is 0 Å². The number of nitrogens with two attached hydrogens (primary N) is 1. The van der Waals surface area contributed by atoms with Crippen molar-refractivity contribution >= 4 is 5.97 Å². The first kappa shape index (κ1) is 12.4. The van der Waals surface area contributed by atoms with Gasteiger partial charge in [-0.25, -0.2) is 0 Å². The summed E-state index contributed by atoms with van der Waals surface area (Å²) in [6.45, 7) is 6.94. The van der Waals surface area contributed by atoms with Crippen molar-refractivity contribution in [1.82, 2.24) is 0 Å². The van der Waals surface area contributed by atoms with Gasteiger partial charge < -0.3 is 10.5 Å². The summed E-state index contributed by atoms with van der Waals surface area (Å²) in [6, 6.07) is 0. The Morgan fingerprint density at radius 3 is 2.46 bits per heavy atom. The molecule has 0 aromatic carbocycles. The summed E-state index contributed by atoms with van der Waals surface area (Å²) in [5.41, 5.74) is 5.48. The topological polar surface area (TPSA) is 52.3 Å². The monoisotopic (exact) mass is 187 g/mol. The van der Waals surface area contributed by atoms with Crippen molar-refractivity contribution in [2.75, 3.05) is 13.2 Å². The Morgan fingerprint density at radius 2 is 2.08 bits per heavy atom. The molecular weight excluding hydrogens is 166 g/mol. The molecule has 0 saturated heterocycles. The van der Waals surface area contributed by atoms with Gasteiger partial charge in [-0.2, -0.15) is 0 Å². The molecule has 1 atom stereocenters. The van der Waals surface area contributed by atoms with E-state index in [9.17, 15) is 4.79 Å². The van der Waals surface area contributed by atoms with Gasteiger partial charge in [0, 0.05) is 6.54 Å². The molecule has 0 spiro atoms. The summed E-state index contributed by atoms with van der Waals surface area (Å²) in [7, 11) is 0. The number of esters is 1. The standard InChI is InChI=1S/C10H21NO2/c1-4-5-6-13-10(12)9(7-11)8(2)3/h8-9H,4-7,11H2,1-3H3. The molecule has 2 N–H and O–H groups in total. The highest BCUT2D eigenvalue weighted by molar-refractivity contribution is 5.72. The molecule has 0 saturated carbocycles. The average Bonchev–Trinajstić information content (AvgIpc) is 2.05. The van der Waals surface area contributed by atoms with Crippen LogP contribution in [0.1, 0.15) is 33.6 Å². The maximum atomic E-state index is 11.4. The first-order valence-electron chi connectivity index (χ1n) is 5.00. The van der Waals surface area contributed by atoms with Crippen LogP contribution in [0.2, 0.25) is 0 Å². The summed E-state index contributed by atoms with van der Waals surface area (Å²) >= 11 is 0. The van der Waals surface area contributed by atoms with Gasteiger partial charge in [0.25, 0.3) is 0 Å². The van der Waals surface area contributed by atoms with Crippen LogP contribution in [0.25, 0.3) is 0 Å². The Bertz CT molecular complexity index is 146. The van der Waals surface area contributed by atoms with E-state index in [-0.39, 0.29) is 17.8 Å². The maximum absolute atomic E-state index is 11.4. The van der Waals surface area contributed by atoms with Crippen molar-refractivity contribution in [2.24, 2.45) is 17.6 Å². The van der Waals surface area contributed by atoms with Crippen LogP contribution in [0.4, 0.5) is 0 Å². The van der Waals surface area contributed by atoms with Gasteiger partial charge in [0.05, 0.1) is 12.5 Å². The number of carbonyl (C=O) groups is 1. The van der Waals surface area contributed by atoms with Crippen LogP contribution in [-0.4, -0.2) is 19.1 Å². The lowest BCUT2D eigenvalue weighted by Gasteiger charge is -2.16. The second-order valence-electron chi connectivity index (χ2n) is 3.61. The van der Waals surface area contributed by atoms with E-state index in [0.29, 0.717) is 13.2 Å². The van der Waals surface area contributed by atoms with Crippen molar-refractivity contribution in [2.45, 2.75) is 33.6 Å². The number of hydrogen-bond donors (Lipinski definition) is 1. The minimum absolute atomic E-state index is 0.142. The van der Waals surface area contributed by atoms with Gasteiger partial charge in [-0.1, -0.05) is 27.2 Å². The van der Waals surface area contributed by atoms with Crippen LogP contribution >= 0.6 is 0 Å². The Kier molecular flexibility index (Phi) is 6.59. The van der Waals surface area contributed by atoms with Crippen LogP contribution in [0, 0.1) is 11.8 Å². The molecule has 3 nitrogen and oxygen atoms in total. The third-order valence-corrected chi connectivity index (χ3v) is 2.10. The molecule has 0 aromatic rings. The van der Waals surface area contributed by atoms with E-state index in [0.717, 1.165) is 12.8 Å². The van der Waals surface area contributed by atoms with Gasteiger partial charge in [0.15, 0.2) is 0 Å². The van der Waals surface area contributed by atoms with E-state index >= 15 is 0 Å². The van der Waals surface area contributed by atoms with Crippen LogP contribution in [-0.2, 0) is 9.53 Å².